The van der Waals surface area contributed by atoms with Gasteiger partial charge in [0.2, 0.25) is 0 Å². The molecule has 1 unspecified atom stereocenters. The SMILES string of the molecule is CCCCCCCCCC(C)NCCCCC. The Balaban J connectivity index is 3.08. The molecule has 0 bridgehead atoms. The molecule has 0 aromatic rings. The van der Waals surface area contributed by atoms with Crippen molar-refractivity contribution < 1.29 is 0 Å². The topological polar surface area (TPSA) is 12.0 Å². The second-order valence-corrected chi connectivity index (χ2v) is 5.47. The van der Waals surface area contributed by atoms with Crippen LogP contribution in [0.1, 0.15) is 91.4 Å². The summed E-state index contributed by atoms with van der Waals surface area (Å²) >= 11 is 0. The molecule has 0 aliphatic heterocycles. The molecule has 0 aromatic heterocycles. The van der Waals surface area contributed by atoms with Crippen molar-refractivity contribution in [1.82, 2.24) is 5.32 Å². The summed E-state index contributed by atoms with van der Waals surface area (Å²) < 4.78 is 0. The van der Waals surface area contributed by atoms with Crippen molar-refractivity contribution in [2.75, 3.05) is 6.54 Å². The van der Waals surface area contributed by atoms with Crippen LogP contribution in [0.5, 0.6) is 0 Å². The maximum Gasteiger partial charge on any atom is 0.00387 e. The number of hydrogen-bond donors (Lipinski definition) is 1. The van der Waals surface area contributed by atoms with E-state index in [0.29, 0.717) is 0 Å². The summed E-state index contributed by atoms with van der Waals surface area (Å²) in [7, 11) is 0. The molecule has 0 heterocycles. The van der Waals surface area contributed by atoms with Crippen LogP contribution in [0.3, 0.4) is 0 Å². The highest BCUT2D eigenvalue weighted by molar-refractivity contribution is 4.60. The lowest BCUT2D eigenvalue weighted by Gasteiger charge is -2.13. The van der Waals surface area contributed by atoms with E-state index in [0.717, 1.165) is 6.04 Å². The molecule has 0 aliphatic rings. The first-order chi connectivity index (χ1) is 8.31. The predicted octanol–water partition coefficient (Wildman–Crippen LogP) is 5.30. The van der Waals surface area contributed by atoms with Gasteiger partial charge in [0.05, 0.1) is 0 Å². The molecule has 1 N–H and O–H groups in total. The number of rotatable bonds is 13. The summed E-state index contributed by atoms with van der Waals surface area (Å²) in [6.45, 7) is 8.10. The van der Waals surface area contributed by atoms with Gasteiger partial charge in [-0.2, -0.15) is 0 Å². The molecule has 0 saturated heterocycles. The summed E-state index contributed by atoms with van der Waals surface area (Å²) in [5.74, 6) is 0. The van der Waals surface area contributed by atoms with Gasteiger partial charge in [0.15, 0.2) is 0 Å². The Hall–Kier alpha value is -0.0400. The molecule has 1 heteroatoms. The molecule has 0 saturated carbocycles. The van der Waals surface area contributed by atoms with E-state index >= 15 is 0 Å². The Labute approximate surface area is 110 Å². The van der Waals surface area contributed by atoms with E-state index < -0.39 is 0 Å². The van der Waals surface area contributed by atoms with Gasteiger partial charge >= 0.3 is 0 Å². The van der Waals surface area contributed by atoms with Crippen LogP contribution >= 0.6 is 0 Å². The average molecular weight is 241 g/mol. The third-order valence-electron chi connectivity index (χ3n) is 3.51. The predicted molar refractivity (Wildman–Crippen MR) is 79.6 cm³/mol. The number of nitrogens with one attached hydrogen (secondary N) is 1. The van der Waals surface area contributed by atoms with E-state index in [2.05, 4.69) is 26.1 Å². The van der Waals surface area contributed by atoms with Gasteiger partial charge in [-0.05, 0) is 26.3 Å². The van der Waals surface area contributed by atoms with Crippen LogP contribution in [0, 0.1) is 0 Å². The van der Waals surface area contributed by atoms with Crippen LogP contribution in [0.25, 0.3) is 0 Å². The smallest absolute Gasteiger partial charge is 0.00387 e. The first-order valence-corrected chi connectivity index (χ1v) is 8.04. The minimum absolute atomic E-state index is 0.725. The summed E-state index contributed by atoms with van der Waals surface area (Å²) in [4.78, 5) is 0. The van der Waals surface area contributed by atoms with Gasteiger partial charge in [0.25, 0.3) is 0 Å². The van der Waals surface area contributed by atoms with Gasteiger partial charge in [-0.1, -0.05) is 71.6 Å². The zero-order valence-corrected chi connectivity index (χ0v) is 12.6. The van der Waals surface area contributed by atoms with Gasteiger partial charge in [-0.3, -0.25) is 0 Å². The van der Waals surface area contributed by atoms with Crippen molar-refractivity contribution in [1.29, 1.82) is 0 Å². The molecule has 0 aliphatic carbocycles. The highest BCUT2D eigenvalue weighted by Crippen LogP contribution is 2.09. The van der Waals surface area contributed by atoms with Crippen LogP contribution in [-0.2, 0) is 0 Å². The van der Waals surface area contributed by atoms with Crippen molar-refractivity contribution in [2.24, 2.45) is 0 Å². The van der Waals surface area contributed by atoms with Gasteiger partial charge in [-0.15, -0.1) is 0 Å². The van der Waals surface area contributed by atoms with Crippen LogP contribution in [0.2, 0.25) is 0 Å². The molecule has 0 aromatic carbocycles. The number of unbranched alkanes of at least 4 members (excludes halogenated alkanes) is 8. The van der Waals surface area contributed by atoms with E-state index in [1.807, 2.05) is 0 Å². The molecule has 0 fully saturated rings. The van der Waals surface area contributed by atoms with Gasteiger partial charge in [-0.25, -0.2) is 0 Å². The standard InChI is InChI=1S/C16H35N/c1-4-6-8-9-10-11-12-14-16(3)17-15-13-7-5-2/h16-17H,4-15H2,1-3H3. The highest BCUT2D eigenvalue weighted by atomic mass is 14.9. The summed E-state index contributed by atoms with van der Waals surface area (Å²) in [5.41, 5.74) is 0. The molecule has 0 spiro atoms. The van der Waals surface area contributed by atoms with Crippen molar-refractivity contribution in [3.63, 3.8) is 0 Å². The first-order valence-electron chi connectivity index (χ1n) is 8.04. The Morgan fingerprint density at radius 3 is 1.88 bits per heavy atom. The molecular weight excluding hydrogens is 206 g/mol. The van der Waals surface area contributed by atoms with Gasteiger partial charge in [0, 0.05) is 6.04 Å². The fraction of sp³-hybridized carbons (Fsp3) is 1.00. The minimum Gasteiger partial charge on any atom is -0.314 e. The Morgan fingerprint density at radius 2 is 1.24 bits per heavy atom. The van der Waals surface area contributed by atoms with E-state index in [1.54, 1.807) is 0 Å². The van der Waals surface area contributed by atoms with Crippen LogP contribution in [0.4, 0.5) is 0 Å². The van der Waals surface area contributed by atoms with Gasteiger partial charge in [0.1, 0.15) is 0 Å². The molecule has 0 rings (SSSR count). The third-order valence-corrected chi connectivity index (χ3v) is 3.51. The quantitative estimate of drug-likeness (QED) is 0.432. The average Bonchev–Trinajstić information content (AvgIpc) is 2.33. The third kappa shape index (κ3) is 13.9. The lowest BCUT2D eigenvalue weighted by molar-refractivity contribution is 0.469. The zero-order valence-electron chi connectivity index (χ0n) is 12.6. The normalized spacial score (nSPS) is 12.9. The van der Waals surface area contributed by atoms with E-state index in [1.165, 1.54) is 77.2 Å². The molecule has 17 heavy (non-hydrogen) atoms. The molecule has 1 atom stereocenters. The second kappa shape index (κ2) is 14.0. The molecule has 0 amide bonds. The summed E-state index contributed by atoms with van der Waals surface area (Å²) in [6, 6.07) is 0.725. The maximum atomic E-state index is 3.63. The Bertz CT molecular complexity index is 133. The largest absolute Gasteiger partial charge is 0.314 e. The second-order valence-electron chi connectivity index (χ2n) is 5.47. The first kappa shape index (κ1) is 17.0. The zero-order chi connectivity index (χ0) is 12.8. The lowest BCUT2D eigenvalue weighted by atomic mass is 10.1. The Morgan fingerprint density at radius 1 is 0.706 bits per heavy atom. The minimum atomic E-state index is 0.725. The van der Waals surface area contributed by atoms with Crippen LogP contribution < -0.4 is 5.32 Å². The molecule has 104 valence electrons. The maximum absolute atomic E-state index is 3.63. The van der Waals surface area contributed by atoms with Crippen molar-refractivity contribution in [2.45, 2.75) is 97.4 Å². The van der Waals surface area contributed by atoms with Crippen molar-refractivity contribution in [3.8, 4) is 0 Å². The summed E-state index contributed by atoms with van der Waals surface area (Å²) in [6.07, 6.45) is 15.4. The van der Waals surface area contributed by atoms with Crippen LogP contribution in [0.15, 0.2) is 0 Å². The van der Waals surface area contributed by atoms with E-state index in [-0.39, 0.29) is 0 Å². The van der Waals surface area contributed by atoms with E-state index in [4.69, 9.17) is 0 Å². The molecule has 0 radical (unpaired) electrons. The summed E-state index contributed by atoms with van der Waals surface area (Å²) in [5, 5.41) is 3.63. The highest BCUT2D eigenvalue weighted by Gasteiger charge is 2.00. The Kier molecular flexibility index (Phi) is 14.0. The van der Waals surface area contributed by atoms with Crippen molar-refractivity contribution >= 4 is 0 Å². The molecular formula is C16H35N. The van der Waals surface area contributed by atoms with Gasteiger partial charge < -0.3 is 5.32 Å². The van der Waals surface area contributed by atoms with E-state index in [9.17, 15) is 0 Å². The number of hydrogen-bond acceptors (Lipinski definition) is 1. The van der Waals surface area contributed by atoms with Crippen molar-refractivity contribution in [3.05, 3.63) is 0 Å². The van der Waals surface area contributed by atoms with Crippen LogP contribution in [-0.4, -0.2) is 12.6 Å². The monoisotopic (exact) mass is 241 g/mol. The molecule has 1 nitrogen and oxygen atoms in total. The fourth-order valence-electron chi connectivity index (χ4n) is 2.23. The fourth-order valence-corrected chi connectivity index (χ4v) is 2.23. The lowest BCUT2D eigenvalue weighted by Crippen LogP contribution is -2.26.